The molecule has 2 heterocycles. The molecule has 0 N–H and O–H groups in total. The Morgan fingerprint density at radius 1 is 1.12 bits per heavy atom. The van der Waals surface area contributed by atoms with Crippen LogP contribution in [-0.4, -0.2) is 29.7 Å². The summed E-state index contributed by atoms with van der Waals surface area (Å²) in [4.78, 5) is 22.0. The first-order chi connectivity index (χ1) is 15.7. The number of ether oxygens (including phenoxy) is 2. The van der Waals surface area contributed by atoms with Gasteiger partial charge < -0.3 is 13.9 Å². The number of pyridine rings is 1. The van der Waals surface area contributed by atoms with E-state index in [4.69, 9.17) is 23.9 Å². The van der Waals surface area contributed by atoms with Gasteiger partial charge in [-0.1, -0.05) is 36.8 Å². The van der Waals surface area contributed by atoms with E-state index in [0.717, 1.165) is 40.6 Å². The molecule has 2 aromatic carbocycles. The number of benzene rings is 2. The van der Waals surface area contributed by atoms with Gasteiger partial charge in [0.15, 0.2) is 0 Å². The molecule has 6 heteroatoms. The maximum atomic E-state index is 12.4. The summed E-state index contributed by atoms with van der Waals surface area (Å²) in [5.74, 6) is 0.821. The molecule has 162 valence electrons. The van der Waals surface area contributed by atoms with Gasteiger partial charge in [0.05, 0.1) is 19.2 Å². The molecular weight excluding hydrogens is 404 g/mol. The van der Waals surface area contributed by atoms with E-state index in [1.54, 1.807) is 19.3 Å². The Morgan fingerprint density at radius 2 is 1.94 bits per heavy atom. The van der Waals surface area contributed by atoms with E-state index in [1.165, 1.54) is 19.1 Å². The minimum absolute atomic E-state index is 0.245. The third-order valence-corrected chi connectivity index (χ3v) is 6.00. The van der Waals surface area contributed by atoms with E-state index in [2.05, 4.69) is 6.07 Å². The van der Waals surface area contributed by atoms with Crippen molar-refractivity contribution >= 4 is 16.9 Å². The molecule has 2 aromatic heterocycles. The lowest BCUT2D eigenvalue weighted by Crippen LogP contribution is -2.12. The van der Waals surface area contributed by atoms with Crippen LogP contribution in [0.15, 0.2) is 59.2 Å². The number of carbonyl (C=O) groups is 1. The van der Waals surface area contributed by atoms with Crippen LogP contribution in [0.4, 0.5) is 0 Å². The Kier molecular flexibility index (Phi) is 5.35. The second-order valence-corrected chi connectivity index (χ2v) is 7.90. The van der Waals surface area contributed by atoms with E-state index in [0.29, 0.717) is 17.4 Å². The monoisotopic (exact) mass is 428 g/mol. The summed E-state index contributed by atoms with van der Waals surface area (Å²) in [7, 11) is 1.51. The minimum atomic E-state index is -0.448. The van der Waals surface area contributed by atoms with Crippen LogP contribution in [0.25, 0.3) is 33.6 Å². The van der Waals surface area contributed by atoms with Gasteiger partial charge in [-0.15, -0.1) is 0 Å². The fourth-order valence-electron chi connectivity index (χ4n) is 4.18. The first kappa shape index (κ1) is 20.2. The van der Waals surface area contributed by atoms with Crippen molar-refractivity contribution < 1.29 is 18.7 Å². The molecule has 1 fully saturated rings. The van der Waals surface area contributed by atoms with E-state index in [9.17, 15) is 4.79 Å². The van der Waals surface area contributed by atoms with E-state index < -0.39 is 5.97 Å². The number of fused-ring (bicyclic) bond motifs is 1. The molecule has 1 aliphatic rings. The fraction of sp³-hybridized carbons (Fsp3) is 0.269. The van der Waals surface area contributed by atoms with Crippen LogP contribution < -0.4 is 4.74 Å². The predicted octanol–water partition coefficient (Wildman–Crippen LogP) is 6.01. The Labute approximate surface area is 186 Å². The highest BCUT2D eigenvalue weighted by molar-refractivity contribution is 6.01. The first-order valence-electron chi connectivity index (χ1n) is 10.9. The third-order valence-electron chi connectivity index (χ3n) is 6.00. The van der Waals surface area contributed by atoms with Gasteiger partial charge in [-0.2, -0.15) is 0 Å². The van der Waals surface area contributed by atoms with Crippen LogP contribution in [0, 0.1) is 0 Å². The zero-order chi connectivity index (χ0) is 22.1. The Hall–Kier alpha value is -3.67. The lowest BCUT2D eigenvalue weighted by Gasteiger charge is -2.28. The van der Waals surface area contributed by atoms with Crippen molar-refractivity contribution in [3.8, 4) is 28.6 Å². The molecule has 32 heavy (non-hydrogen) atoms. The van der Waals surface area contributed by atoms with Crippen molar-refractivity contribution in [3.63, 3.8) is 0 Å². The number of aromatic nitrogens is 2. The minimum Gasteiger partial charge on any atom is -0.480 e. The second kappa shape index (κ2) is 8.46. The van der Waals surface area contributed by atoms with Gasteiger partial charge in [0.2, 0.25) is 11.8 Å². The van der Waals surface area contributed by atoms with Gasteiger partial charge >= 0.3 is 5.97 Å². The summed E-state index contributed by atoms with van der Waals surface area (Å²) >= 11 is 0. The van der Waals surface area contributed by atoms with E-state index in [-0.39, 0.29) is 12.5 Å². The standard InChI is InChI=1S/C26H24N2O4/c1-3-31-26(29)20-14-18-12-13-19(16-10-7-11-16)22(23(18)28-25(20)30-2)21-15-32-24(27-21)17-8-5-4-6-9-17/h4-6,8-9,12-16H,3,7,10-11H2,1-2H3. The number of hydrogen-bond donors (Lipinski definition) is 0. The maximum absolute atomic E-state index is 12.4. The third kappa shape index (κ3) is 3.51. The average Bonchev–Trinajstić information content (AvgIpc) is 3.27. The molecule has 1 saturated carbocycles. The molecule has 0 radical (unpaired) electrons. The summed E-state index contributed by atoms with van der Waals surface area (Å²) < 4.78 is 16.5. The van der Waals surface area contributed by atoms with Crippen LogP contribution in [0.2, 0.25) is 0 Å². The number of nitrogens with zero attached hydrogens (tertiary/aromatic N) is 2. The topological polar surface area (TPSA) is 74.5 Å². The van der Waals surface area contributed by atoms with Crippen molar-refractivity contribution in [2.75, 3.05) is 13.7 Å². The SMILES string of the molecule is CCOC(=O)c1cc2ccc(C3CCC3)c(-c3coc(-c4ccccc4)n3)c2nc1OC. The molecule has 0 amide bonds. The molecule has 4 aromatic rings. The van der Waals surface area contributed by atoms with Gasteiger partial charge in [0.25, 0.3) is 0 Å². The number of methoxy groups -OCH3 is 1. The molecule has 0 spiro atoms. The zero-order valence-corrected chi connectivity index (χ0v) is 18.1. The number of carbonyl (C=O) groups excluding carboxylic acids is 1. The number of hydrogen-bond acceptors (Lipinski definition) is 6. The molecule has 5 rings (SSSR count). The fourth-order valence-corrected chi connectivity index (χ4v) is 4.18. The van der Waals surface area contributed by atoms with Gasteiger partial charge in [0, 0.05) is 16.5 Å². The van der Waals surface area contributed by atoms with Crippen molar-refractivity contribution in [1.82, 2.24) is 9.97 Å². The van der Waals surface area contributed by atoms with E-state index in [1.807, 2.05) is 36.4 Å². The molecular formula is C26H24N2O4. The molecule has 0 unspecified atom stereocenters. The summed E-state index contributed by atoms with van der Waals surface area (Å²) in [5.41, 5.74) is 4.84. The van der Waals surface area contributed by atoms with Crippen LogP contribution >= 0.6 is 0 Å². The summed E-state index contributed by atoms with van der Waals surface area (Å²) in [6.45, 7) is 2.06. The second-order valence-electron chi connectivity index (χ2n) is 7.90. The Bertz CT molecular complexity index is 1280. The lowest BCUT2D eigenvalue weighted by molar-refractivity contribution is 0.0522. The average molecular weight is 428 g/mol. The summed E-state index contributed by atoms with van der Waals surface area (Å²) in [6.07, 6.45) is 5.18. The van der Waals surface area contributed by atoms with Crippen molar-refractivity contribution in [1.29, 1.82) is 0 Å². The normalized spacial score (nSPS) is 13.7. The number of rotatable bonds is 6. The molecule has 0 aliphatic heterocycles. The van der Waals surface area contributed by atoms with Gasteiger partial charge in [-0.05, 0) is 49.4 Å². The van der Waals surface area contributed by atoms with Gasteiger partial charge in [-0.3, -0.25) is 0 Å². The van der Waals surface area contributed by atoms with Crippen LogP contribution in [-0.2, 0) is 4.74 Å². The molecule has 6 nitrogen and oxygen atoms in total. The smallest absolute Gasteiger partial charge is 0.343 e. The Morgan fingerprint density at radius 3 is 2.62 bits per heavy atom. The van der Waals surface area contributed by atoms with Crippen molar-refractivity contribution in [3.05, 3.63) is 65.9 Å². The van der Waals surface area contributed by atoms with Crippen LogP contribution in [0.5, 0.6) is 5.88 Å². The van der Waals surface area contributed by atoms with Crippen LogP contribution in [0.1, 0.15) is 48.0 Å². The van der Waals surface area contributed by atoms with E-state index >= 15 is 0 Å². The summed E-state index contributed by atoms with van der Waals surface area (Å²) in [6, 6.07) is 15.7. The van der Waals surface area contributed by atoms with Gasteiger partial charge in [0.1, 0.15) is 17.5 Å². The molecule has 0 bridgehead atoms. The number of oxazole rings is 1. The highest BCUT2D eigenvalue weighted by Gasteiger charge is 2.27. The largest absolute Gasteiger partial charge is 0.480 e. The van der Waals surface area contributed by atoms with Crippen LogP contribution in [0.3, 0.4) is 0 Å². The highest BCUT2D eigenvalue weighted by atomic mass is 16.5. The predicted molar refractivity (Wildman–Crippen MR) is 122 cm³/mol. The molecule has 0 atom stereocenters. The summed E-state index contributed by atoms with van der Waals surface area (Å²) in [5, 5.41) is 0.830. The molecule has 1 aliphatic carbocycles. The van der Waals surface area contributed by atoms with Gasteiger partial charge in [-0.25, -0.2) is 14.8 Å². The quantitative estimate of drug-likeness (QED) is 0.350. The first-order valence-corrected chi connectivity index (χ1v) is 10.9. The lowest BCUT2D eigenvalue weighted by atomic mass is 9.77. The number of esters is 1. The van der Waals surface area contributed by atoms with Crippen molar-refractivity contribution in [2.45, 2.75) is 32.1 Å². The Balaban J connectivity index is 1.70. The maximum Gasteiger partial charge on any atom is 0.343 e. The highest BCUT2D eigenvalue weighted by Crippen LogP contribution is 2.44. The molecule has 0 saturated heterocycles. The van der Waals surface area contributed by atoms with Crippen molar-refractivity contribution in [2.24, 2.45) is 0 Å². The zero-order valence-electron chi connectivity index (χ0n) is 18.1.